The standard InChI is InChI=1S/C12H17NO6/c1-12(2)6-8(14)13(11(12)18)7(10(16)17)4-5-9(15)19-3/h7H,4-6H2,1-3H3,(H,16,17). The molecule has 1 N–H and O–H groups in total. The van der Waals surface area contributed by atoms with Crippen molar-refractivity contribution < 1.29 is 29.0 Å². The van der Waals surface area contributed by atoms with E-state index in [1.54, 1.807) is 13.8 Å². The molecule has 0 spiro atoms. The van der Waals surface area contributed by atoms with Crippen molar-refractivity contribution in [3.8, 4) is 0 Å². The number of aliphatic carboxylic acids is 1. The maximum absolute atomic E-state index is 12.0. The van der Waals surface area contributed by atoms with E-state index in [0.717, 1.165) is 4.90 Å². The van der Waals surface area contributed by atoms with Gasteiger partial charge < -0.3 is 9.84 Å². The molecule has 19 heavy (non-hydrogen) atoms. The summed E-state index contributed by atoms with van der Waals surface area (Å²) >= 11 is 0. The van der Waals surface area contributed by atoms with Crippen molar-refractivity contribution in [2.24, 2.45) is 5.41 Å². The fourth-order valence-corrected chi connectivity index (χ4v) is 2.01. The minimum absolute atomic E-state index is 0.0200. The van der Waals surface area contributed by atoms with Gasteiger partial charge in [-0.15, -0.1) is 0 Å². The predicted molar refractivity (Wildman–Crippen MR) is 62.9 cm³/mol. The third-order valence-electron chi connectivity index (χ3n) is 3.11. The number of rotatable bonds is 5. The number of likely N-dealkylation sites (tertiary alicyclic amines) is 1. The third kappa shape index (κ3) is 3.10. The zero-order valence-electron chi connectivity index (χ0n) is 11.1. The monoisotopic (exact) mass is 271 g/mol. The number of amides is 2. The molecule has 1 atom stereocenters. The van der Waals surface area contributed by atoms with Crippen LogP contribution in [0, 0.1) is 5.41 Å². The number of imide groups is 1. The summed E-state index contributed by atoms with van der Waals surface area (Å²) in [6, 6.07) is -1.32. The number of esters is 1. The highest BCUT2D eigenvalue weighted by Crippen LogP contribution is 2.33. The molecule has 1 aliphatic rings. The van der Waals surface area contributed by atoms with Crippen LogP contribution in [-0.2, 0) is 23.9 Å². The smallest absolute Gasteiger partial charge is 0.326 e. The van der Waals surface area contributed by atoms with Gasteiger partial charge in [0.2, 0.25) is 11.8 Å². The van der Waals surface area contributed by atoms with Crippen molar-refractivity contribution in [1.29, 1.82) is 0 Å². The van der Waals surface area contributed by atoms with Gasteiger partial charge in [0.05, 0.1) is 12.5 Å². The predicted octanol–water partition coefficient (Wildman–Crippen LogP) is 0.178. The van der Waals surface area contributed by atoms with E-state index < -0.39 is 35.2 Å². The molecule has 7 heteroatoms. The summed E-state index contributed by atoms with van der Waals surface area (Å²) in [5, 5.41) is 9.13. The van der Waals surface area contributed by atoms with Gasteiger partial charge in [0.25, 0.3) is 0 Å². The van der Waals surface area contributed by atoms with Crippen LogP contribution in [0.2, 0.25) is 0 Å². The van der Waals surface area contributed by atoms with Crippen LogP contribution in [0.5, 0.6) is 0 Å². The first-order chi connectivity index (χ1) is 8.70. The van der Waals surface area contributed by atoms with E-state index in [2.05, 4.69) is 4.74 Å². The summed E-state index contributed by atoms with van der Waals surface area (Å²) in [6.45, 7) is 3.18. The lowest BCUT2D eigenvalue weighted by atomic mass is 9.92. The lowest BCUT2D eigenvalue weighted by Crippen LogP contribution is -2.46. The highest BCUT2D eigenvalue weighted by molar-refractivity contribution is 6.08. The highest BCUT2D eigenvalue weighted by atomic mass is 16.5. The Labute approximate surface area is 110 Å². The van der Waals surface area contributed by atoms with Gasteiger partial charge in [-0.25, -0.2) is 4.79 Å². The van der Waals surface area contributed by atoms with E-state index in [1.807, 2.05) is 0 Å². The van der Waals surface area contributed by atoms with Gasteiger partial charge in [-0.3, -0.25) is 19.3 Å². The molecule has 0 bridgehead atoms. The van der Waals surface area contributed by atoms with Crippen molar-refractivity contribution >= 4 is 23.8 Å². The Morgan fingerprint density at radius 3 is 2.37 bits per heavy atom. The van der Waals surface area contributed by atoms with Crippen LogP contribution in [0.3, 0.4) is 0 Å². The van der Waals surface area contributed by atoms with Crippen LogP contribution < -0.4 is 0 Å². The molecule has 106 valence electrons. The van der Waals surface area contributed by atoms with Crippen LogP contribution in [0.4, 0.5) is 0 Å². The summed E-state index contributed by atoms with van der Waals surface area (Å²) in [6.07, 6.45) is -0.325. The molecule has 1 fully saturated rings. The minimum Gasteiger partial charge on any atom is -0.480 e. The molecular formula is C12H17NO6. The molecule has 0 aromatic heterocycles. The van der Waals surface area contributed by atoms with Crippen molar-refractivity contribution in [3.05, 3.63) is 0 Å². The van der Waals surface area contributed by atoms with Gasteiger partial charge in [0.15, 0.2) is 0 Å². The molecule has 0 aromatic carbocycles. The first-order valence-corrected chi connectivity index (χ1v) is 5.87. The normalized spacial score (nSPS) is 19.4. The quantitative estimate of drug-likeness (QED) is 0.565. The molecule has 1 saturated heterocycles. The van der Waals surface area contributed by atoms with E-state index in [9.17, 15) is 19.2 Å². The second kappa shape index (κ2) is 5.38. The van der Waals surface area contributed by atoms with Crippen LogP contribution in [-0.4, -0.2) is 46.9 Å². The van der Waals surface area contributed by atoms with Crippen molar-refractivity contribution in [1.82, 2.24) is 4.90 Å². The highest BCUT2D eigenvalue weighted by Gasteiger charge is 2.49. The topological polar surface area (TPSA) is 101 Å². The number of carbonyl (C=O) groups is 4. The van der Waals surface area contributed by atoms with Crippen LogP contribution in [0.15, 0.2) is 0 Å². The number of ether oxygens (including phenoxy) is 1. The van der Waals surface area contributed by atoms with E-state index in [-0.39, 0.29) is 19.3 Å². The molecular weight excluding hydrogens is 254 g/mol. The molecule has 1 aliphatic heterocycles. The van der Waals surface area contributed by atoms with E-state index in [1.165, 1.54) is 7.11 Å². The Kier molecular flexibility index (Phi) is 4.28. The Morgan fingerprint density at radius 1 is 1.42 bits per heavy atom. The fraction of sp³-hybridized carbons (Fsp3) is 0.667. The van der Waals surface area contributed by atoms with Gasteiger partial charge in [0, 0.05) is 12.8 Å². The Balaban J connectivity index is 2.88. The number of carboxylic acids is 1. The van der Waals surface area contributed by atoms with Crippen LogP contribution in [0.25, 0.3) is 0 Å². The Morgan fingerprint density at radius 2 is 2.00 bits per heavy atom. The summed E-state index contributed by atoms with van der Waals surface area (Å²) in [4.78, 5) is 46.8. The molecule has 1 heterocycles. The van der Waals surface area contributed by atoms with Crippen molar-refractivity contribution in [2.45, 2.75) is 39.2 Å². The maximum Gasteiger partial charge on any atom is 0.326 e. The number of carbonyl (C=O) groups excluding carboxylic acids is 3. The van der Waals surface area contributed by atoms with E-state index in [4.69, 9.17) is 5.11 Å². The zero-order valence-corrected chi connectivity index (χ0v) is 11.1. The number of nitrogens with zero attached hydrogens (tertiary/aromatic N) is 1. The molecule has 0 aliphatic carbocycles. The fourth-order valence-electron chi connectivity index (χ4n) is 2.01. The number of carboxylic acid groups (broad SMARTS) is 1. The lowest BCUT2D eigenvalue weighted by Gasteiger charge is -2.24. The van der Waals surface area contributed by atoms with Gasteiger partial charge in [-0.1, -0.05) is 13.8 Å². The molecule has 0 aromatic rings. The summed E-state index contributed by atoms with van der Waals surface area (Å²) in [5.41, 5.74) is -0.893. The van der Waals surface area contributed by atoms with Crippen LogP contribution in [0.1, 0.15) is 33.1 Å². The van der Waals surface area contributed by atoms with Gasteiger partial charge in [0.1, 0.15) is 6.04 Å². The lowest BCUT2D eigenvalue weighted by molar-refractivity contribution is -0.156. The molecule has 7 nitrogen and oxygen atoms in total. The third-order valence-corrected chi connectivity index (χ3v) is 3.11. The Hall–Kier alpha value is -1.92. The zero-order chi connectivity index (χ0) is 14.8. The molecule has 0 radical (unpaired) electrons. The van der Waals surface area contributed by atoms with Crippen molar-refractivity contribution in [3.63, 3.8) is 0 Å². The maximum atomic E-state index is 12.0. The molecule has 2 amide bonds. The average Bonchev–Trinajstić information content (AvgIpc) is 2.50. The second-order valence-electron chi connectivity index (χ2n) is 5.10. The minimum atomic E-state index is -1.32. The first-order valence-electron chi connectivity index (χ1n) is 5.87. The first kappa shape index (κ1) is 15.1. The number of methoxy groups -OCH3 is 1. The van der Waals surface area contributed by atoms with Gasteiger partial charge >= 0.3 is 11.9 Å². The van der Waals surface area contributed by atoms with Crippen LogP contribution >= 0.6 is 0 Å². The number of hydrogen-bond acceptors (Lipinski definition) is 5. The SMILES string of the molecule is COC(=O)CCC(C(=O)O)N1C(=O)CC(C)(C)C1=O. The van der Waals surface area contributed by atoms with Gasteiger partial charge in [-0.2, -0.15) is 0 Å². The number of hydrogen-bond donors (Lipinski definition) is 1. The van der Waals surface area contributed by atoms with Crippen molar-refractivity contribution in [2.75, 3.05) is 7.11 Å². The summed E-state index contributed by atoms with van der Waals surface area (Å²) in [5.74, 6) is -2.92. The molecule has 1 rings (SSSR count). The summed E-state index contributed by atoms with van der Waals surface area (Å²) in [7, 11) is 1.19. The second-order valence-corrected chi connectivity index (χ2v) is 5.10. The average molecular weight is 271 g/mol. The van der Waals surface area contributed by atoms with Gasteiger partial charge in [-0.05, 0) is 6.42 Å². The van der Waals surface area contributed by atoms with E-state index >= 15 is 0 Å². The largest absolute Gasteiger partial charge is 0.480 e. The summed E-state index contributed by atoms with van der Waals surface area (Å²) < 4.78 is 4.42. The molecule has 1 unspecified atom stereocenters. The Bertz CT molecular complexity index is 428. The van der Waals surface area contributed by atoms with E-state index in [0.29, 0.717) is 0 Å². The molecule has 0 saturated carbocycles.